The molecule has 1 aliphatic carbocycles. The van der Waals surface area contributed by atoms with Crippen LogP contribution in [0.15, 0.2) is 18.2 Å². The molecule has 114 valence electrons. The highest BCUT2D eigenvalue weighted by molar-refractivity contribution is 6.03. The number of carboxylic acid groups (broad SMARTS) is 1. The van der Waals surface area contributed by atoms with E-state index in [1.807, 2.05) is 0 Å². The molecule has 1 aromatic carbocycles. The van der Waals surface area contributed by atoms with Crippen LogP contribution >= 0.6 is 0 Å². The number of nitrogens with zero attached hydrogens (tertiary/aromatic N) is 1. The third-order valence-electron chi connectivity index (χ3n) is 4.31. The predicted octanol–water partition coefficient (Wildman–Crippen LogP) is 2.76. The summed E-state index contributed by atoms with van der Waals surface area (Å²) >= 11 is 0. The Bertz CT molecular complexity index is 548. The lowest BCUT2D eigenvalue weighted by Crippen LogP contribution is -2.35. The molecule has 0 aliphatic heterocycles. The van der Waals surface area contributed by atoms with Crippen molar-refractivity contribution in [1.82, 2.24) is 0 Å². The second-order valence-electron chi connectivity index (χ2n) is 5.94. The molecular formula is C16H22N2O3. The highest BCUT2D eigenvalue weighted by Gasteiger charge is 2.28. The van der Waals surface area contributed by atoms with Crippen LogP contribution in [0.25, 0.3) is 0 Å². The Labute approximate surface area is 124 Å². The lowest BCUT2D eigenvalue weighted by molar-refractivity contribution is -0.123. The smallest absolute Gasteiger partial charge is 0.337 e. The molecule has 0 spiro atoms. The number of benzene rings is 1. The van der Waals surface area contributed by atoms with Gasteiger partial charge in [-0.15, -0.1) is 0 Å². The Balaban J connectivity index is 2.21. The van der Waals surface area contributed by atoms with Crippen LogP contribution in [-0.4, -0.2) is 24.0 Å². The average Bonchev–Trinajstić information content (AvgIpc) is 2.46. The first-order valence-corrected chi connectivity index (χ1v) is 7.30. The van der Waals surface area contributed by atoms with Gasteiger partial charge in [0.25, 0.3) is 0 Å². The normalized spacial score (nSPS) is 21.8. The number of anilines is 2. The lowest BCUT2D eigenvalue weighted by atomic mass is 9.82. The molecule has 5 heteroatoms. The summed E-state index contributed by atoms with van der Waals surface area (Å²) in [6.45, 7) is 2.20. The van der Waals surface area contributed by atoms with Gasteiger partial charge in [0.2, 0.25) is 5.91 Å². The van der Waals surface area contributed by atoms with Crippen molar-refractivity contribution < 1.29 is 14.7 Å². The van der Waals surface area contributed by atoms with Crippen LogP contribution in [0.4, 0.5) is 11.4 Å². The first-order chi connectivity index (χ1) is 9.90. The average molecular weight is 290 g/mol. The molecule has 21 heavy (non-hydrogen) atoms. The van der Waals surface area contributed by atoms with Gasteiger partial charge in [-0.2, -0.15) is 0 Å². The zero-order chi connectivity index (χ0) is 15.6. The van der Waals surface area contributed by atoms with Crippen molar-refractivity contribution in [1.29, 1.82) is 0 Å². The number of hydrogen-bond acceptors (Lipinski definition) is 3. The number of nitrogens with two attached hydrogens (primary N) is 1. The van der Waals surface area contributed by atoms with E-state index in [4.69, 9.17) is 5.73 Å². The van der Waals surface area contributed by atoms with Gasteiger partial charge in [-0.3, -0.25) is 4.79 Å². The summed E-state index contributed by atoms with van der Waals surface area (Å²) < 4.78 is 0. The van der Waals surface area contributed by atoms with Crippen LogP contribution in [0.1, 0.15) is 43.0 Å². The topological polar surface area (TPSA) is 83.6 Å². The molecule has 0 radical (unpaired) electrons. The number of carbonyl (C=O) groups is 2. The summed E-state index contributed by atoms with van der Waals surface area (Å²) in [5, 5.41) is 9.27. The van der Waals surface area contributed by atoms with E-state index in [1.165, 1.54) is 11.0 Å². The molecule has 5 nitrogen and oxygen atoms in total. The third-order valence-corrected chi connectivity index (χ3v) is 4.31. The van der Waals surface area contributed by atoms with E-state index in [0.717, 1.165) is 25.7 Å². The number of hydrogen-bond donors (Lipinski definition) is 2. The zero-order valence-electron chi connectivity index (χ0n) is 12.5. The molecule has 0 heterocycles. The van der Waals surface area contributed by atoms with Gasteiger partial charge >= 0.3 is 5.97 Å². The molecule has 1 aromatic rings. The molecule has 0 saturated heterocycles. The maximum atomic E-state index is 12.6. The molecule has 3 N–H and O–H groups in total. The van der Waals surface area contributed by atoms with Crippen LogP contribution in [-0.2, 0) is 4.79 Å². The highest BCUT2D eigenvalue weighted by Crippen LogP contribution is 2.31. The highest BCUT2D eigenvalue weighted by atomic mass is 16.4. The third kappa shape index (κ3) is 3.35. The Hall–Kier alpha value is -2.04. The molecule has 1 aliphatic rings. The van der Waals surface area contributed by atoms with Crippen LogP contribution in [0.5, 0.6) is 0 Å². The van der Waals surface area contributed by atoms with Gasteiger partial charge in [-0.1, -0.05) is 6.92 Å². The summed E-state index contributed by atoms with van der Waals surface area (Å²) in [5.41, 5.74) is 6.48. The van der Waals surface area contributed by atoms with E-state index in [-0.39, 0.29) is 17.4 Å². The van der Waals surface area contributed by atoms with Crippen molar-refractivity contribution >= 4 is 23.3 Å². The Morgan fingerprint density at radius 1 is 1.24 bits per heavy atom. The summed E-state index contributed by atoms with van der Waals surface area (Å²) in [4.78, 5) is 25.4. The minimum atomic E-state index is -1.07. The van der Waals surface area contributed by atoms with E-state index in [9.17, 15) is 14.7 Å². The molecule has 0 unspecified atom stereocenters. The number of aromatic carboxylic acids is 1. The zero-order valence-corrected chi connectivity index (χ0v) is 12.5. The van der Waals surface area contributed by atoms with Crippen LogP contribution in [0.3, 0.4) is 0 Å². The number of carbonyl (C=O) groups excluding carboxylic acids is 1. The summed E-state index contributed by atoms with van der Waals surface area (Å²) in [7, 11) is 1.64. The lowest BCUT2D eigenvalue weighted by Gasteiger charge is -2.29. The van der Waals surface area contributed by atoms with E-state index < -0.39 is 5.97 Å². The van der Waals surface area contributed by atoms with E-state index >= 15 is 0 Å². The van der Waals surface area contributed by atoms with Crippen molar-refractivity contribution in [3.8, 4) is 0 Å². The number of nitrogen functional groups attached to an aromatic ring is 1. The van der Waals surface area contributed by atoms with Crippen molar-refractivity contribution in [2.24, 2.45) is 11.8 Å². The SMILES string of the molecule is CC1CCC(C(=O)N(C)c2ccc(N)cc2C(=O)O)CC1. The van der Waals surface area contributed by atoms with Gasteiger partial charge in [0.1, 0.15) is 0 Å². The van der Waals surface area contributed by atoms with E-state index in [2.05, 4.69) is 6.92 Å². The Kier molecular flexibility index (Phi) is 4.50. The maximum Gasteiger partial charge on any atom is 0.337 e. The molecule has 0 aromatic heterocycles. The van der Waals surface area contributed by atoms with Gasteiger partial charge in [0.15, 0.2) is 0 Å². The monoisotopic (exact) mass is 290 g/mol. The molecule has 2 rings (SSSR count). The summed E-state index contributed by atoms with van der Waals surface area (Å²) in [6, 6.07) is 4.61. The van der Waals surface area contributed by atoms with E-state index in [1.54, 1.807) is 19.2 Å². The van der Waals surface area contributed by atoms with Crippen LogP contribution in [0, 0.1) is 11.8 Å². The Morgan fingerprint density at radius 2 is 1.86 bits per heavy atom. The standard InChI is InChI=1S/C16H22N2O3/c1-10-3-5-11(6-4-10)15(19)18(2)14-8-7-12(17)9-13(14)16(20)21/h7-11H,3-6,17H2,1-2H3,(H,20,21). The fourth-order valence-electron chi connectivity index (χ4n) is 2.92. The summed E-state index contributed by atoms with van der Waals surface area (Å²) in [6.07, 6.45) is 3.86. The second kappa shape index (κ2) is 6.16. The molecule has 1 amide bonds. The largest absolute Gasteiger partial charge is 0.478 e. The van der Waals surface area contributed by atoms with Crippen molar-refractivity contribution in [2.45, 2.75) is 32.6 Å². The van der Waals surface area contributed by atoms with Crippen molar-refractivity contribution in [3.63, 3.8) is 0 Å². The number of amides is 1. The van der Waals surface area contributed by atoms with Crippen LogP contribution < -0.4 is 10.6 Å². The quantitative estimate of drug-likeness (QED) is 0.838. The molecule has 0 atom stereocenters. The molecular weight excluding hydrogens is 268 g/mol. The first kappa shape index (κ1) is 15.4. The fourth-order valence-corrected chi connectivity index (χ4v) is 2.92. The first-order valence-electron chi connectivity index (χ1n) is 7.30. The number of carboxylic acids is 1. The number of rotatable bonds is 3. The van der Waals surface area contributed by atoms with Crippen molar-refractivity contribution in [2.75, 3.05) is 17.7 Å². The minimum Gasteiger partial charge on any atom is -0.478 e. The van der Waals surface area contributed by atoms with Gasteiger partial charge < -0.3 is 15.7 Å². The van der Waals surface area contributed by atoms with Crippen molar-refractivity contribution in [3.05, 3.63) is 23.8 Å². The molecule has 1 saturated carbocycles. The van der Waals surface area contributed by atoms with E-state index in [0.29, 0.717) is 17.3 Å². The second-order valence-corrected chi connectivity index (χ2v) is 5.94. The Morgan fingerprint density at radius 3 is 2.43 bits per heavy atom. The maximum absolute atomic E-state index is 12.6. The molecule has 0 bridgehead atoms. The predicted molar refractivity (Wildman–Crippen MR) is 82.3 cm³/mol. The van der Waals surface area contributed by atoms with Gasteiger partial charge in [0, 0.05) is 18.7 Å². The van der Waals surface area contributed by atoms with Gasteiger partial charge in [0.05, 0.1) is 11.3 Å². The van der Waals surface area contributed by atoms with Gasteiger partial charge in [-0.05, 0) is 49.8 Å². The van der Waals surface area contributed by atoms with Gasteiger partial charge in [-0.25, -0.2) is 4.79 Å². The fraction of sp³-hybridized carbons (Fsp3) is 0.500. The minimum absolute atomic E-state index is 0.00540. The van der Waals surface area contributed by atoms with Crippen LogP contribution in [0.2, 0.25) is 0 Å². The molecule has 1 fully saturated rings. The summed E-state index contributed by atoms with van der Waals surface area (Å²) in [5.74, 6) is -0.417.